The van der Waals surface area contributed by atoms with Crippen LogP contribution in [0.25, 0.3) is 0 Å². The summed E-state index contributed by atoms with van der Waals surface area (Å²) in [6.07, 6.45) is 5.51. The highest BCUT2D eigenvalue weighted by Crippen LogP contribution is 2.30. The monoisotopic (exact) mass is 315 g/mol. The van der Waals surface area contributed by atoms with Gasteiger partial charge in [-0.2, -0.15) is 0 Å². The van der Waals surface area contributed by atoms with Crippen molar-refractivity contribution in [1.29, 1.82) is 0 Å². The minimum Gasteiger partial charge on any atom is -0.475 e. The zero-order valence-electron chi connectivity index (χ0n) is 12.0. The summed E-state index contributed by atoms with van der Waals surface area (Å²) in [6, 6.07) is 2.30. The molecule has 1 aromatic rings. The lowest BCUT2D eigenvalue weighted by Gasteiger charge is -2.25. The van der Waals surface area contributed by atoms with Crippen molar-refractivity contribution in [1.82, 2.24) is 4.72 Å². The number of rotatable bonds is 6. The SMILES string of the molecule is CC1CCC(CCNS(=O)(=O)c2ccc(C(=O)O)o2)CC1. The molecule has 0 atom stereocenters. The fourth-order valence-electron chi connectivity index (χ4n) is 2.67. The fraction of sp³-hybridized carbons (Fsp3) is 0.643. The number of carboxylic acids is 1. The van der Waals surface area contributed by atoms with Gasteiger partial charge in [-0.25, -0.2) is 17.9 Å². The van der Waals surface area contributed by atoms with Crippen LogP contribution in [0.4, 0.5) is 0 Å². The van der Waals surface area contributed by atoms with E-state index in [4.69, 9.17) is 9.52 Å². The molecule has 1 aliphatic rings. The van der Waals surface area contributed by atoms with E-state index in [1.54, 1.807) is 0 Å². The minimum absolute atomic E-state index is 0.350. The van der Waals surface area contributed by atoms with Crippen molar-refractivity contribution < 1.29 is 22.7 Å². The van der Waals surface area contributed by atoms with Gasteiger partial charge in [0.15, 0.2) is 0 Å². The predicted octanol–water partition coefficient (Wildman–Crippen LogP) is 2.47. The highest BCUT2D eigenvalue weighted by atomic mass is 32.2. The van der Waals surface area contributed by atoms with Crippen LogP contribution in [-0.2, 0) is 10.0 Å². The molecule has 1 aliphatic carbocycles. The van der Waals surface area contributed by atoms with Gasteiger partial charge in [-0.15, -0.1) is 0 Å². The number of carbonyl (C=O) groups is 1. The summed E-state index contributed by atoms with van der Waals surface area (Å²) in [5.74, 6) is -0.324. The van der Waals surface area contributed by atoms with Crippen LogP contribution < -0.4 is 4.72 Å². The number of carboxylic acid groups (broad SMARTS) is 1. The maximum absolute atomic E-state index is 12.0. The summed E-state index contributed by atoms with van der Waals surface area (Å²) in [7, 11) is -3.76. The van der Waals surface area contributed by atoms with Gasteiger partial charge < -0.3 is 9.52 Å². The molecule has 2 rings (SSSR count). The second kappa shape index (κ2) is 6.62. The Morgan fingerprint density at radius 1 is 1.33 bits per heavy atom. The fourth-order valence-corrected chi connectivity index (χ4v) is 3.64. The molecule has 0 aromatic carbocycles. The first-order valence-corrected chi connectivity index (χ1v) is 8.69. The molecule has 1 saturated carbocycles. The molecule has 21 heavy (non-hydrogen) atoms. The minimum atomic E-state index is -3.76. The average molecular weight is 315 g/mol. The Morgan fingerprint density at radius 2 is 2.00 bits per heavy atom. The Morgan fingerprint density at radius 3 is 2.57 bits per heavy atom. The molecule has 0 unspecified atom stereocenters. The molecule has 1 aromatic heterocycles. The van der Waals surface area contributed by atoms with Crippen molar-refractivity contribution in [2.45, 2.75) is 44.1 Å². The molecule has 0 spiro atoms. The van der Waals surface area contributed by atoms with Crippen LogP contribution in [0.3, 0.4) is 0 Å². The van der Waals surface area contributed by atoms with E-state index in [0.29, 0.717) is 12.5 Å². The molecule has 118 valence electrons. The van der Waals surface area contributed by atoms with Crippen molar-refractivity contribution in [3.05, 3.63) is 17.9 Å². The molecule has 0 bridgehead atoms. The molecule has 0 aliphatic heterocycles. The lowest BCUT2D eigenvalue weighted by Crippen LogP contribution is -2.26. The standard InChI is InChI=1S/C14H21NO5S/c1-10-2-4-11(5-3-10)8-9-15-21(18,19)13-7-6-12(20-13)14(16)17/h6-7,10-11,15H,2-5,8-9H2,1H3,(H,16,17). The van der Waals surface area contributed by atoms with E-state index >= 15 is 0 Å². The van der Waals surface area contributed by atoms with Crippen LogP contribution in [-0.4, -0.2) is 26.0 Å². The Balaban J connectivity index is 1.85. The normalized spacial score (nSPS) is 23.1. The molecule has 7 heteroatoms. The first-order chi connectivity index (χ1) is 9.88. The summed E-state index contributed by atoms with van der Waals surface area (Å²) in [5, 5.41) is 8.37. The van der Waals surface area contributed by atoms with Crippen molar-refractivity contribution in [3.8, 4) is 0 Å². The molecule has 0 radical (unpaired) electrons. The van der Waals surface area contributed by atoms with Gasteiger partial charge in [0.2, 0.25) is 10.9 Å². The Hall–Kier alpha value is -1.34. The summed E-state index contributed by atoms with van der Waals surface area (Å²) in [5.41, 5.74) is 0. The zero-order valence-corrected chi connectivity index (χ0v) is 12.9. The summed E-state index contributed by atoms with van der Waals surface area (Å²) in [4.78, 5) is 10.7. The number of sulfonamides is 1. The van der Waals surface area contributed by atoms with Gasteiger partial charge in [-0.05, 0) is 30.4 Å². The van der Waals surface area contributed by atoms with Crippen LogP contribution in [0.5, 0.6) is 0 Å². The Kier molecular flexibility index (Phi) is 5.05. The van der Waals surface area contributed by atoms with E-state index < -0.39 is 16.0 Å². The topological polar surface area (TPSA) is 96.6 Å². The molecular formula is C14H21NO5S. The Bertz CT molecular complexity index is 584. The second-order valence-electron chi connectivity index (χ2n) is 5.74. The van der Waals surface area contributed by atoms with Gasteiger partial charge in [0.05, 0.1) is 0 Å². The van der Waals surface area contributed by atoms with Gasteiger partial charge in [0.1, 0.15) is 0 Å². The first kappa shape index (κ1) is 16.0. The summed E-state index contributed by atoms with van der Waals surface area (Å²) < 4.78 is 31.2. The highest BCUT2D eigenvalue weighted by molar-refractivity contribution is 7.89. The quantitative estimate of drug-likeness (QED) is 0.840. The lowest BCUT2D eigenvalue weighted by atomic mass is 9.81. The maximum atomic E-state index is 12.0. The van der Waals surface area contributed by atoms with E-state index in [0.717, 1.165) is 37.3 Å². The largest absolute Gasteiger partial charge is 0.475 e. The van der Waals surface area contributed by atoms with Gasteiger partial charge in [0, 0.05) is 6.54 Å². The number of aromatic carboxylic acids is 1. The lowest BCUT2D eigenvalue weighted by molar-refractivity contribution is 0.0656. The van der Waals surface area contributed by atoms with E-state index in [9.17, 15) is 13.2 Å². The van der Waals surface area contributed by atoms with E-state index in [-0.39, 0.29) is 10.9 Å². The van der Waals surface area contributed by atoms with E-state index in [1.165, 1.54) is 12.8 Å². The molecule has 2 N–H and O–H groups in total. The van der Waals surface area contributed by atoms with E-state index in [2.05, 4.69) is 11.6 Å². The van der Waals surface area contributed by atoms with Gasteiger partial charge in [-0.3, -0.25) is 0 Å². The van der Waals surface area contributed by atoms with Gasteiger partial charge >= 0.3 is 5.97 Å². The van der Waals surface area contributed by atoms with Gasteiger partial charge in [0.25, 0.3) is 10.0 Å². The molecule has 0 saturated heterocycles. The number of furan rings is 1. The molecule has 6 nitrogen and oxygen atoms in total. The number of hydrogen-bond donors (Lipinski definition) is 2. The highest BCUT2D eigenvalue weighted by Gasteiger charge is 2.22. The van der Waals surface area contributed by atoms with Crippen LogP contribution in [0, 0.1) is 11.8 Å². The number of hydrogen-bond acceptors (Lipinski definition) is 4. The maximum Gasteiger partial charge on any atom is 0.371 e. The first-order valence-electron chi connectivity index (χ1n) is 7.21. The average Bonchev–Trinajstić information content (AvgIpc) is 2.91. The van der Waals surface area contributed by atoms with Gasteiger partial charge in [-0.1, -0.05) is 32.6 Å². The molecular weight excluding hydrogens is 294 g/mol. The van der Waals surface area contributed by atoms with E-state index in [1.807, 2.05) is 0 Å². The van der Waals surface area contributed by atoms with Crippen molar-refractivity contribution in [3.63, 3.8) is 0 Å². The summed E-state index contributed by atoms with van der Waals surface area (Å²) in [6.45, 7) is 2.60. The zero-order chi connectivity index (χ0) is 15.5. The second-order valence-corrected chi connectivity index (χ2v) is 7.43. The third kappa shape index (κ3) is 4.31. The predicted molar refractivity (Wildman–Crippen MR) is 76.6 cm³/mol. The third-order valence-electron chi connectivity index (χ3n) is 4.04. The van der Waals surface area contributed by atoms with Crippen molar-refractivity contribution in [2.24, 2.45) is 11.8 Å². The summed E-state index contributed by atoms with van der Waals surface area (Å²) >= 11 is 0. The van der Waals surface area contributed by atoms with Crippen LogP contribution in [0.15, 0.2) is 21.6 Å². The van der Waals surface area contributed by atoms with Crippen molar-refractivity contribution >= 4 is 16.0 Å². The molecule has 0 amide bonds. The third-order valence-corrected chi connectivity index (χ3v) is 5.37. The smallest absolute Gasteiger partial charge is 0.371 e. The van der Waals surface area contributed by atoms with Crippen LogP contribution in [0.1, 0.15) is 49.6 Å². The van der Waals surface area contributed by atoms with Crippen LogP contribution >= 0.6 is 0 Å². The Labute approximate surface area is 124 Å². The number of nitrogens with one attached hydrogen (secondary N) is 1. The van der Waals surface area contributed by atoms with Crippen molar-refractivity contribution in [2.75, 3.05) is 6.54 Å². The molecule has 1 heterocycles. The van der Waals surface area contributed by atoms with Crippen LogP contribution in [0.2, 0.25) is 0 Å². The molecule has 1 fully saturated rings.